The summed E-state index contributed by atoms with van der Waals surface area (Å²) in [5.41, 5.74) is 8.42. The van der Waals surface area contributed by atoms with Crippen molar-refractivity contribution in [2.45, 2.75) is 25.8 Å². The van der Waals surface area contributed by atoms with Crippen LogP contribution in [0.5, 0.6) is 5.75 Å². The lowest BCUT2D eigenvalue weighted by atomic mass is 9.99. The van der Waals surface area contributed by atoms with Crippen molar-refractivity contribution in [2.75, 3.05) is 6.61 Å². The van der Waals surface area contributed by atoms with Crippen LogP contribution in [0.25, 0.3) is 0 Å². The van der Waals surface area contributed by atoms with E-state index < -0.39 is 0 Å². The summed E-state index contributed by atoms with van der Waals surface area (Å²) in [6.07, 6.45) is 1.68. The van der Waals surface area contributed by atoms with Gasteiger partial charge in [0.05, 0.1) is 6.61 Å². The third-order valence-electron chi connectivity index (χ3n) is 3.18. The lowest BCUT2D eigenvalue weighted by Crippen LogP contribution is -2.15. The van der Waals surface area contributed by atoms with Crippen LogP contribution in [0.4, 0.5) is 0 Å². The average Bonchev–Trinajstić information content (AvgIpc) is 2.47. The van der Waals surface area contributed by atoms with E-state index in [-0.39, 0.29) is 6.04 Å². The monoisotopic (exact) mass is 289 g/mol. The molecule has 2 aromatic carbocycles. The van der Waals surface area contributed by atoms with Crippen LogP contribution in [0.2, 0.25) is 5.02 Å². The molecule has 1 atom stereocenters. The molecule has 2 nitrogen and oxygen atoms in total. The molecular formula is C17H20ClNO. The van der Waals surface area contributed by atoms with Crippen molar-refractivity contribution >= 4 is 11.6 Å². The van der Waals surface area contributed by atoms with Gasteiger partial charge in [-0.1, -0.05) is 54.9 Å². The van der Waals surface area contributed by atoms with Gasteiger partial charge in [-0.3, -0.25) is 0 Å². The Kier molecular flexibility index (Phi) is 5.45. The Hall–Kier alpha value is -1.51. The average molecular weight is 290 g/mol. The van der Waals surface area contributed by atoms with E-state index in [9.17, 15) is 0 Å². The molecule has 106 valence electrons. The molecule has 2 N–H and O–H groups in total. The Morgan fingerprint density at radius 3 is 2.55 bits per heavy atom. The van der Waals surface area contributed by atoms with Gasteiger partial charge < -0.3 is 10.5 Å². The van der Waals surface area contributed by atoms with Crippen molar-refractivity contribution in [1.82, 2.24) is 0 Å². The summed E-state index contributed by atoms with van der Waals surface area (Å²) in [6.45, 7) is 2.79. The zero-order valence-corrected chi connectivity index (χ0v) is 12.4. The summed E-state index contributed by atoms with van der Waals surface area (Å²) >= 11 is 6.19. The fraction of sp³-hybridized carbons (Fsp3) is 0.294. The van der Waals surface area contributed by atoms with Gasteiger partial charge in [0.2, 0.25) is 0 Å². The van der Waals surface area contributed by atoms with Crippen LogP contribution in [-0.4, -0.2) is 6.61 Å². The standard InChI is InChI=1S/C17H20ClNO/c1-2-11-20-17-10-6-4-8-14(17)16(19)12-13-7-3-5-9-15(13)18/h3-10,16H,2,11-12,19H2,1H3. The third kappa shape index (κ3) is 3.75. The number of halogens is 1. The third-order valence-corrected chi connectivity index (χ3v) is 3.55. The van der Waals surface area contributed by atoms with Gasteiger partial charge in [-0.2, -0.15) is 0 Å². The molecule has 0 aromatic heterocycles. The zero-order valence-electron chi connectivity index (χ0n) is 11.7. The molecule has 0 amide bonds. The van der Waals surface area contributed by atoms with E-state index in [2.05, 4.69) is 6.92 Å². The van der Waals surface area contributed by atoms with Gasteiger partial charge in [-0.05, 0) is 30.5 Å². The normalized spacial score (nSPS) is 12.2. The summed E-state index contributed by atoms with van der Waals surface area (Å²) in [7, 11) is 0. The summed E-state index contributed by atoms with van der Waals surface area (Å²) in [5.74, 6) is 0.869. The molecule has 0 bridgehead atoms. The highest BCUT2D eigenvalue weighted by Gasteiger charge is 2.13. The minimum atomic E-state index is -0.122. The number of hydrogen-bond donors (Lipinski definition) is 1. The predicted molar refractivity (Wildman–Crippen MR) is 84.3 cm³/mol. The lowest BCUT2D eigenvalue weighted by Gasteiger charge is -2.17. The van der Waals surface area contributed by atoms with Crippen LogP contribution in [0.3, 0.4) is 0 Å². The van der Waals surface area contributed by atoms with Gasteiger partial charge in [0.1, 0.15) is 5.75 Å². The number of para-hydroxylation sites is 1. The highest BCUT2D eigenvalue weighted by molar-refractivity contribution is 6.31. The second-order valence-corrected chi connectivity index (χ2v) is 5.20. The maximum absolute atomic E-state index is 6.33. The molecule has 0 aliphatic heterocycles. The van der Waals surface area contributed by atoms with Crippen molar-refractivity contribution in [2.24, 2.45) is 5.73 Å². The minimum Gasteiger partial charge on any atom is -0.493 e. The molecule has 0 saturated carbocycles. The van der Waals surface area contributed by atoms with Crippen molar-refractivity contribution in [3.05, 3.63) is 64.7 Å². The molecule has 20 heavy (non-hydrogen) atoms. The molecule has 2 aromatic rings. The van der Waals surface area contributed by atoms with E-state index in [4.69, 9.17) is 22.1 Å². The van der Waals surface area contributed by atoms with Gasteiger partial charge in [0, 0.05) is 16.6 Å². The second-order valence-electron chi connectivity index (χ2n) is 4.79. The first-order valence-corrected chi connectivity index (χ1v) is 7.31. The topological polar surface area (TPSA) is 35.2 Å². The first-order valence-electron chi connectivity index (χ1n) is 6.93. The van der Waals surface area contributed by atoms with Crippen molar-refractivity contribution in [3.63, 3.8) is 0 Å². The SMILES string of the molecule is CCCOc1ccccc1C(N)Cc1ccccc1Cl. The highest BCUT2D eigenvalue weighted by Crippen LogP contribution is 2.28. The van der Waals surface area contributed by atoms with E-state index in [1.54, 1.807) is 0 Å². The van der Waals surface area contributed by atoms with E-state index in [1.807, 2.05) is 48.5 Å². The molecule has 2 rings (SSSR count). The van der Waals surface area contributed by atoms with Gasteiger partial charge in [0.15, 0.2) is 0 Å². The summed E-state index contributed by atoms with van der Waals surface area (Å²) in [5, 5.41) is 0.759. The molecule has 0 radical (unpaired) electrons. The van der Waals surface area contributed by atoms with Crippen LogP contribution in [0.15, 0.2) is 48.5 Å². The van der Waals surface area contributed by atoms with Crippen molar-refractivity contribution in [3.8, 4) is 5.75 Å². The van der Waals surface area contributed by atoms with Gasteiger partial charge in [0.25, 0.3) is 0 Å². The predicted octanol–water partition coefficient (Wildman–Crippen LogP) is 4.37. The quantitative estimate of drug-likeness (QED) is 0.857. The van der Waals surface area contributed by atoms with E-state index in [1.165, 1.54) is 0 Å². The van der Waals surface area contributed by atoms with E-state index >= 15 is 0 Å². The summed E-state index contributed by atoms with van der Waals surface area (Å²) in [6, 6.07) is 15.6. The molecule has 0 saturated heterocycles. The molecule has 0 aliphatic carbocycles. The molecular weight excluding hydrogens is 270 g/mol. The minimum absolute atomic E-state index is 0.122. The zero-order chi connectivity index (χ0) is 14.4. The lowest BCUT2D eigenvalue weighted by molar-refractivity contribution is 0.312. The van der Waals surface area contributed by atoms with Gasteiger partial charge in [-0.15, -0.1) is 0 Å². The van der Waals surface area contributed by atoms with Crippen LogP contribution in [0.1, 0.15) is 30.5 Å². The Bertz CT molecular complexity index is 556. The molecule has 1 unspecified atom stereocenters. The number of ether oxygens (including phenoxy) is 1. The molecule has 0 spiro atoms. The molecule has 0 heterocycles. The Labute approximate surface area is 125 Å². The van der Waals surface area contributed by atoms with Crippen molar-refractivity contribution < 1.29 is 4.74 Å². The fourth-order valence-electron chi connectivity index (χ4n) is 2.14. The molecule has 0 fully saturated rings. The summed E-state index contributed by atoms with van der Waals surface area (Å²) < 4.78 is 5.76. The highest BCUT2D eigenvalue weighted by atomic mass is 35.5. The Morgan fingerprint density at radius 2 is 1.80 bits per heavy atom. The van der Waals surface area contributed by atoms with Gasteiger partial charge >= 0.3 is 0 Å². The second kappa shape index (κ2) is 7.32. The number of rotatable bonds is 6. The van der Waals surface area contributed by atoms with E-state index in [0.29, 0.717) is 13.0 Å². The number of benzene rings is 2. The Balaban J connectivity index is 2.16. The molecule has 3 heteroatoms. The molecule has 0 aliphatic rings. The number of nitrogens with two attached hydrogens (primary N) is 1. The Morgan fingerprint density at radius 1 is 1.10 bits per heavy atom. The fourth-order valence-corrected chi connectivity index (χ4v) is 2.35. The van der Waals surface area contributed by atoms with Crippen LogP contribution in [0, 0.1) is 0 Å². The first-order chi connectivity index (χ1) is 9.72. The van der Waals surface area contributed by atoms with Crippen LogP contribution in [-0.2, 0) is 6.42 Å². The van der Waals surface area contributed by atoms with Crippen LogP contribution < -0.4 is 10.5 Å². The maximum atomic E-state index is 6.33. The van der Waals surface area contributed by atoms with Crippen LogP contribution >= 0.6 is 11.6 Å². The summed E-state index contributed by atoms with van der Waals surface area (Å²) in [4.78, 5) is 0. The smallest absolute Gasteiger partial charge is 0.124 e. The first kappa shape index (κ1) is 14.9. The van der Waals surface area contributed by atoms with Crippen molar-refractivity contribution in [1.29, 1.82) is 0 Å². The maximum Gasteiger partial charge on any atom is 0.124 e. The largest absolute Gasteiger partial charge is 0.493 e. The number of hydrogen-bond acceptors (Lipinski definition) is 2. The van der Waals surface area contributed by atoms with Gasteiger partial charge in [-0.25, -0.2) is 0 Å². The van der Waals surface area contributed by atoms with E-state index in [0.717, 1.165) is 28.3 Å².